The van der Waals surface area contributed by atoms with Crippen molar-refractivity contribution in [1.82, 2.24) is 14.9 Å². The van der Waals surface area contributed by atoms with Crippen molar-refractivity contribution in [2.24, 2.45) is 0 Å². The smallest absolute Gasteiger partial charge is 0.407 e. The summed E-state index contributed by atoms with van der Waals surface area (Å²) in [5.41, 5.74) is 0.487. The minimum absolute atomic E-state index is 0.407. The number of amides is 1. The zero-order valence-corrected chi connectivity index (χ0v) is 15.7. The highest BCUT2D eigenvalue weighted by atomic mass is 79.9. The molecule has 1 aromatic heterocycles. The van der Waals surface area contributed by atoms with Crippen LogP contribution in [0.5, 0.6) is 5.75 Å². The van der Waals surface area contributed by atoms with Crippen molar-refractivity contribution in [1.29, 1.82) is 0 Å². The maximum atomic E-state index is 11.5. The molecule has 0 aliphatic heterocycles. The number of benzene rings is 1. The fourth-order valence-corrected chi connectivity index (χ4v) is 2.25. The molecule has 1 aromatic carbocycles. The number of ether oxygens (including phenoxy) is 2. The molecule has 130 valence electrons. The van der Waals surface area contributed by atoms with Crippen molar-refractivity contribution in [3.63, 3.8) is 0 Å². The van der Waals surface area contributed by atoms with Gasteiger partial charge in [0.05, 0.1) is 12.3 Å². The van der Waals surface area contributed by atoms with Crippen molar-refractivity contribution < 1.29 is 14.3 Å². The quantitative estimate of drug-likeness (QED) is 0.752. The highest BCUT2D eigenvalue weighted by Gasteiger charge is 2.15. The summed E-state index contributed by atoms with van der Waals surface area (Å²) in [6, 6.07) is 7.74. The summed E-state index contributed by atoms with van der Waals surface area (Å²) in [7, 11) is 0. The minimum atomic E-state index is -0.483. The lowest BCUT2D eigenvalue weighted by Crippen LogP contribution is -2.33. The average Bonchev–Trinajstić information content (AvgIpc) is 2.92. The van der Waals surface area contributed by atoms with Crippen molar-refractivity contribution >= 4 is 22.0 Å². The summed E-state index contributed by atoms with van der Waals surface area (Å²) >= 11 is 3.33. The molecule has 0 saturated carbocycles. The van der Waals surface area contributed by atoms with Crippen molar-refractivity contribution in [3.8, 4) is 11.4 Å². The molecule has 0 aliphatic carbocycles. The van der Waals surface area contributed by atoms with E-state index in [9.17, 15) is 4.79 Å². The lowest BCUT2D eigenvalue weighted by molar-refractivity contribution is 0.0525. The van der Waals surface area contributed by atoms with E-state index in [2.05, 4.69) is 26.2 Å². The zero-order chi connectivity index (χ0) is 17.6. The average molecular weight is 396 g/mol. The van der Waals surface area contributed by atoms with E-state index >= 15 is 0 Å². The first-order valence-corrected chi connectivity index (χ1v) is 8.52. The number of alkyl carbamates (subject to hydrolysis) is 1. The van der Waals surface area contributed by atoms with E-state index < -0.39 is 11.7 Å². The van der Waals surface area contributed by atoms with Crippen LogP contribution in [-0.2, 0) is 4.74 Å². The van der Waals surface area contributed by atoms with Gasteiger partial charge >= 0.3 is 6.09 Å². The molecular formula is C17H22BrN3O3. The molecule has 0 radical (unpaired) electrons. The summed E-state index contributed by atoms with van der Waals surface area (Å²) in [4.78, 5) is 15.6. The van der Waals surface area contributed by atoms with Crippen LogP contribution in [0.2, 0.25) is 0 Å². The SMILES string of the molecule is CC(C)(C)OC(=O)NCCCOc1cccc(-n2cnc(Br)c2)c1. The number of halogens is 1. The van der Waals surface area contributed by atoms with E-state index in [-0.39, 0.29) is 0 Å². The van der Waals surface area contributed by atoms with Crippen LogP contribution in [0.15, 0.2) is 41.4 Å². The van der Waals surface area contributed by atoms with Crippen molar-refractivity contribution in [2.75, 3.05) is 13.2 Å². The molecule has 0 bridgehead atoms. The molecule has 0 fully saturated rings. The Morgan fingerprint density at radius 1 is 1.38 bits per heavy atom. The Hall–Kier alpha value is -2.02. The van der Waals surface area contributed by atoms with Gasteiger partial charge < -0.3 is 19.4 Å². The summed E-state index contributed by atoms with van der Waals surface area (Å²) < 4.78 is 13.6. The number of carbonyl (C=O) groups is 1. The van der Waals surface area contributed by atoms with Gasteiger partial charge in [0.1, 0.15) is 22.3 Å². The predicted molar refractivity (Wildman–Crippen MR) is 95.6 cm³/mol. The van der Waals surface area contributed by atoms with Gasteiger partial charge in [-0.2, -0.15) is 0 Å². The monoisotopic (exact) mass is 395 g/mol. The normalized spacial score (nSPS) is 11.2. The number of hydrogen-bond acceptors (Lipinski definition) is 4. The Labute approximate surface area is 150 Å². The first-order valence-electron chi connectivity index (χ1n) is 7.73. The standard InChI is InChI=1S/C17H22BrN3O3/c1-17(2,3)24-16(22)19-8-5-9-23-14-7-4-6-13(10-14)21-11-15(18)20-12-21/h4,6-7,10-12H,5,8-9H2,1-3H3,(H,19,22). The number of imidazole rings is 1. The van der Waals surface area contributed by atoms with E-state index in [1.54, 1.807) is 6.33 Å². The molecule has 0 unspecified atom stereocenters. The molecule has 24 heavy (non-hydrogen) atoms. The van der Waals surface area contributed by atoms with Gasteiger partial charge in [0.25, 0.3) is 0 Å². The summed E-state index contributed by atoms with van der Waals surface area (Å²) in [6.45, 7) is 6.51. The third kappa shape index (κ3) is 6.23. The Kier molecular flexibility index (Phi) is 6.25. The maximum Gasteiger partial charge on any atom is 0.407 e. The molecule has 7 heteroatoms. The number of nitrogens with one attached hydrogen (secondary N) is 1. The van der Waals surface area contributed by atoms with E-state index in [0.717, 1.165) is 16.0 Å². The van der Waals surface area contributed by atoms with Gasteiger partial charge in [-0.1, -0.05) is 6.07 Å². The summed E-state index contributed by atoms with van der Waals surface area (Å²) in [6.07, 6.45) is 3.90. The highest BCUT2D eigenvalue weighted by molar-refractivity contribution is 9.10. The fraction of sp³-hybridized carbons (Fsp3) is 0.412. The maximum absolute atomic E-state index is 11.5. The van der Waals surface area contributed by atoms with Gasteiger partial charge in [-0.05, 0) is 55.3 Å². The number of nitrogens with zero attached hydrogens (tertiary/aromatic N) is 2. The molecule has 6 nitrogen and oxygen atoms in total. The van der Waals surface area contributed by atoms with E-state index in [1.807, 2.05) is 55.8 Å². The van der Waals surface area contributed by atoms with Gasteiger partial charge in [0, 0.05) is 18.8 Å². The van der Waals surface area contributed by atoms with Crippen LogP contribution < -0.4 is 10.1 Å². The predicted octanol–water partition coefficient (Wildman–Crippen LogP) is 3.93. The molecule has 1 N–H and O–H groups in total. The molecule has 0 saturated heterocycles. The number of hydrogen-bond donors (Lipinski definition) is 1. The third-order valence-electron chi connectivity index (χ3n) is 2.92. The van der Waals surface area contributed by atoms with Crippen LogP contribution >= 0.6 is 15.9 Å². The van der Waals surface area contributed by atoms with Gasteiger partial charge in [0.2, 0.25) is 0 Å². The molecule has 1 amide bonds. The van der Waals surface area contributed by atoms with Gasteiger partial charge in [-0.25, -0.2) is 9.78 Å². The lowest BCUT2D eigenvalue weighted by atomic mass is 10.2. The second-order valence-corrected chi connectivity index (χ2v) is 7.04. The lowest BCUT2D eigenvalue weighted by Gasteiger charge is -2.19. The Bertz CT molecular complexity index is 680. The number of aromatic nitrogens is 2. The van der Waals surface area contributed by atoms with Crippen molar-refractivity contribution in [2.45, 2.75) is 32.8 Å². The first-order chi connectivity index (χ1) is 11.3. The van der Waals surface area contributed by atoms with Crippen LogP contribution in [0.1, 0.15) is 27.2 Å². The first kappa shape index (κ1) is 18.3. The number of rotatable bonds is 6. The highest BCUT2D eigenvalue weighted by Crippen LogP contribution is 2.18. The topological polar surface area (TPSA) is 65.4 Å². The molecular weight excluding hydrogens is 374 g/mol. The Morgan fingerprint density at radius 3 is 2.83 bits per heavy atom. The summed E-state index contributed by atoms with van der Waals surface area (Å²) in [5, 5.41) is 2.71. The molecule has 1 heterocycles. The van der Waals surface area contributed by atoms with Crippen LogP contribution in [-0.4, -0.2) is 34.4 Å². The van der Waals surface area contributed by atoms with Gasteiger partial charge in [0.15, 0.2) is 0 Å². The number of carbonyl (C=O) groups excluding carboxylic acids is 1. The molecule has 0 atom stereocenters. The summed E-state index contributed by atoms with van der Waals surface area (Å²) in [5.74, 6) is 0.773. The molecule has 2 rings (SSSR count). The van der Waals surface area contributed by atoms with Crippen LogP contribution in [0.25, 0.3) is 5.69 Å². The Balaban J connectivity index is 1.74. The van der Waals surface area contributed by atoms with Crippen LogP contribution in [0, 0.1) is 0 Å². The Morgan fingerprint density at radius 2 is 2.17 bits per heavy atom. The molecule has 0 spiro atoms. The van der Waals surface area contributed by atoms with Crippen molar-refractivity contribution in [3.05, 3.63) is 41.4 Å². The molecule has 0 aliphatic rings. The van der Waals surface area contributed by atoms with Gasteiger partial charge in [-0.15, -0.1) is 0 Å². The van der Waals surface area contributed by atoms with Crippen LogP contribution in [0.4, 0.5) is 4.79 Å². The van der Waals surface area contributed by atoms with Gasteiger partial charge in [-0.3, -0.25) is 0 Å². The minimum Gasteiger partial charge on any atom is -0.493 e. The third-order valence-corrected chi connectivity index (χ3v) is 3.33. The second kappa shape index (κ2) is 8.19. The van der Waals surface area contributed by atoms with E-state index in [4.69, 9.17) is 9.47 Å². The second-order valence-electron chi connectivity index (χ2n) is 6.23. The van der Waals surface area contributed by atoms with E-state index in [1.165, 1.54) is 0 Å². The fourth-order valence-electron chi connectivity index (χ4n) is 1.94. The van der Waals surface area contributed by atoms with E-state index in [0.29, 0.717) is 19.6 Å². The molecule has 2 aromatic rings. The zero-order valence-electron chi connectivity index (χ0n) is 14.1. The largest absolute Gasteiger partial charge is 0.493 e. The van der Waals surface area contributed by atoms with Crippen LogP contribution in [0.3, 0.4) is 0 Å².